The number of hydrogen-bond acceptors (Lipinski definition) is 3. The van der Waals surface area contributed by atoms with E-state index in [2.05, 4.69) is 24.1 Å². The predicted octanol–water partition coefficient (Wildman–Crippen LogP) is 4.59. The third-order valence-corrected chi connectivity index (χ3v) is 5.01. The van der Waals surface area contributed by atoms with Crippen molar-refractivity contribution in [2.75, 3.05) is 5.32 Å². The van der Waals surface area contributed by atoms with E-state index < -0.39 is 5.41 Å². The molecule has 1 aliphatic rings. The highest BCUT2D eigenvalue weighted by atomic mass is 35.5. The van der Waals surface area contributed by atoms with Gasteiger partial charge in [0.05, 0.1) is 11.1 Å². The van der Waals surface area contributed by atoms with E-state index in [1.807, 2.05) is 29.6 Å². The lowest BCUT2D eigenvalue weighted by Crippen LogP contribution is -2.28. The maximum Gasteiger partial charge on any atom is 0.236 e. The standard InChI is InChI=1S/C16H17ClN2OS/c1-10(2)13-9-21-15(18-13)19-14(20)16(7-8-16)11-5-3-4-6-12(11)17/h3-6,9-10H,7-8H2,1-2H3,(H,18,19,20). The molecule has 1 aromatic heterocycles. The van der Waals surface area contributed by atoms with Crippen LogP contribution < -0.4 is 5.32 Å². The van der Waals surface area contributed by atoms with E-state index in [0.29, 0.717) is 16.1 Å². The first-order chi connectivity index (χ1) is 10.0. The normalized spacial score (nSPS) is 16.0. The molecule has 1 N–H and O–H groups in total. The number of halogens is 1. The fourth-order valence-corrected chi connectivity index (χ4v) is 3.60. The van der Waals surface area contributed by atoms with Crippen LogP contribution in [0.4, 0.5) is 5.13 Å². The molecule has 1 aromatic carbocycles. The second kappa shape index (κ2) is 5.43. The molecule has 0 unspecified atom stereocenters. The van der Waals surface area contributed by atoms with Crippen LogP contribution >= 0.6 is 22.9 Å². The third-order valence-electron chi connectivity index (χ3n) is 3.91. The lowest BCUT2D eigenvalue weighted by Gasteiger charge is -2.16. The van der Waals surface area contributed by atoms with E-state index in [-0.39, 0.29) is 5.91 Å². The molecule has 110 valence electrons. The summed E-state index contributed by atoms with van der Waals surface area (Å²) in [6.45, 7) is 4.18. The monoisotopic (exact) mass is 320 g/mol. The van der Waals surface area contributed by atoms with Crippen molar-refractivity contribution in [2.24, 2.45) is 0 Å². The van der Waals surface area contributed by atoms with Gasteiger partial charge in [-0.2, -0.15) is 0 Å². The molecular formula is C16H17ClN2OS. The number of rotatable bonds is 4. The summed E-state index contributed by atoms with van der Waals surface area (Å²) in [4.78, 5) is 17.1. The molecule has 0 spiro atoms. The van der Waals surface area contributed by atoms with Crippen LogP contribution in [0.3, 0.4) is 0 Å². The van der Waals surface area contributed by atoms with Crippen molar-refractivity contribution < 1.29 is 4.79 Å². The van der Waals surface area contributed by atoms with Crippen LogP contribution in [0.25, 0.3) is 0 Å². The molecule has 1 aliphatic carbocycles. The van der Waals surface area contributed by atoms with Gasteiger partial charge in [-0.3, -0.25) is 4.79 Å². The highest BCUT2D eigenvalue weighted by Gasteiger charge is 2.52. The summed E-state index contributed by atoms with van der Waals surface area (Å²) in [5, 5.41) is 6.28. The Bertz CT molecular complexity index is 676. The molecule has 5 heteroatoms. The van der Waals surface area contributed by atoms with E-state index >= 15 is 0 Å². The number of thiazole rings is 1. The zero-order valence-electron chi connectivity index (χ0n) is 12.0. The molecule has 0 bridgehead atoms. The van der Waals surface area contributed by atoms with Crippen molar-refractivity contribution in [2.45, 2.75) is 38.0 Å². The number of amides is 1. The quantitative estimate of drug-likeness (QED) is 0.895. The molecule has 0 saturated heterocycles. The Balaban J connectivity index is 1.80. The summed E-state index contributed by atoms with van der Waals surface area (Å²) >= 11 is 7.72. The fourth-order valence-electron chi connectivity index (χ4n) is 2.42. The summed E-state index contributed by atoms with van der Waals surface area (Å²) < 4.78 is 0. The second-order valence-electron chi connectivity index (χ2n) is 5.75. The van der Waals surface area contributed by atoms with Gasteiger partial charge in [0.2, 0.25) is 5.91 Å². The Morgan fingerprint density at radius 2 is 2.10 bits per heavy atom. The van der Waals surface area contributed by atoms with Crippen LogP contribution in [0, 0.1) is 0 Å². The first kappa shape index (κ1) is 14.5. The SMILES string of the molecule is CC(C)c1csc(NC(=O)C2(c3ccccc3Cl)CC2)n1. The van der Waals surface area contributed by atoms with E-state index in [1.54, 1.807) is 0 Å². The number of carbonyl (C=O) groups excluding carboxylic acids is 1. The minimum atomic E-state index is -0.470. The lowest BCUT2D eigenvalue weighted by molar-refractivity contribution is -0.118. The van der Waals surface area contributed by atoms with Gasteiger partial charge in [0.1, 0.15) is 0 Å². The average molecular weight is 321 g/mol. The summed E-state index contributed by atoms with van der Waals surface area (Å²) in [5.74, 6) is 0.366. The number of hydrogen-bond donors (Lipinski definition) is 1. The molecule has 2 aromatic rings. The highest BCUT2D eigenvalue weighted by Crippen LogP contribution is 2.51. The van der Waals surface area contributed by atoms with E-state index in [4.69, 9.17) is 11.6 Å². The molecule has 0 radical (unpaired) electrons. The Kier molecular flexibility index (Phi) is 3.76. The van der Waals surface area contributed by atoms with Gasteiger partial charge in [0.15, 0.2) is 5.13 Å². The number of benzene rings is 1. The van der Waals surface area contributed by atoms with Crippen LogP contribution in [0.2, 0.25) is 5.02 Å². The van der Waals surface area contributed by atoms with Crippen molar-refractivity contribution in [1.29, 1.82) is 0 Å². The number of anilines is 1. The first-order valence-electron chi connectivity index (χ1n) is 7.05. The molecule has 0 atom stereocenters. The lowest BCUT2D eigenvalue weighted by atomic mass is 9.95. The van der Waals surface area contributed by atoms with Crippen LogP contribution in [-0.2, 0) is 10.2 Å². The smallest absolute Gasteiger partial charge is 0.236 e. The summed E-state index contributed by atoms with van der Waals surface area (Å²) in [5.41, 5.74) is 1.46. The van der Waals surface area contributed by atoms with Gasteiger partial charge in [0.25, 0.3) is 0 Å². The van der Waals surface area contributed by atoms with Crippen molar-refractivity contribution in [3.8, 4) is 0 Å². The zero-order chi connectivity index (χ0) is 15.0. The molecule has 3 rings (SSSR count). The van der Waals surface area contributed by atoms with E-state index in [0.717, 1.165) is 24.1 Å². The van der Waals surface area contributed by atoms with Gasteiger partial charge in [0, 0.05) is 10.4 Å². The van der Waals surface area contributed by atoms with Crippen LogP contribution in [0.15, 0.2) is 29.6 Å². The van der Waals surface area contributed by atoms with Gasteiger partial charge >= 0.3 is 0 Å². The van der Waals surface area contributed by atoms with E-state index in [9.17, 15) is 4.79 Å². The summed E-state index contributed by atoms with van der Waals surface area (Å²) in [6, 6.07) is 7.59. The average Bonchev–Trinajstić information content (AvgIpc) is 3.12. The van der Waals surface area contributed by atoms with Crippen LogP contribution in [0.1, 0.15) is 43.9 Å². The Labute approximate surface area is 133 Å². The fraction of sp³-hybridized carbons (Fsp3) is 0.375. The van der Waals surface area contributed by atoms with Gasteiger partial charge in [-0.05, 0) is 30.4 Å². The Morgan fingerprint density at radius 3 is 2.67 bits per heavy atom. The van der Waals surface area contributed by atoms with Crippen LogP contribution in [0.5, 0.6) is 0 Å². The maximum absolute atomic E-state index is 12.6. The van der Waals surface area contributed by atoms with Crippen molar-refractivity contribution >= 4 is 34.0 Å². The van der Waals surface area contributed by atoms with Gasteiger partial charge < -0.3 is 5.32 Å². The molecule has 21 heavy (non-hydrogen) atoms. The molecule has 1 fully saturated rings. The maximum atomic E-state index is 12.6. The number of nitrogens with zero attached hydrogens (tertiary/aromatic N) is 1. The van der Waals surface area contributed by atoms with Crippen molar-refractivity contribution in [3.05, 3.63) is 45.9 Å². The molecule has 1 heterocycles. The Hall–Kier alpha value is -1.39. The minimum absolute atomic E-state index is 0.000237. The van der Waals surface area contributed by atoms with Gasteiger partial charge in [-0.1, -0.05) is 43.6 Å². The first-order valence-corrected chi connectivity index (χ1v) is 8.30. The highest BCUT2D eigenvalue weighted by molar-refractivity contribution is 7.14. The van der Waals surface area contributed by atoms with Crippen molar-refractivity contribution in [1.82, 2.24) is 4.98 Å². The molecule has 1 amide bonds. The zero-order valence-corrected chi connectivity index (χ0v) is 13.6. The number of aromatic nitrogens is 1. The molecule has 0 aliphatic heterocycles. The van der Waals surface area contributed by atoms with Gasteiger partial charge in [-0.25, -0.2) is 4.98 Å². The number of nitrogens with one attached hydrogen (secondary N) is 1. The largest absolute Gasteiger partial charge is 0.301 e. The third kappa shape index (κ3) is 2.70. The Morgan fingerprint density at radius 1 is 1.38 bits per heavy atom. The van der Waals surface area contributed by atoms with Gasteiger partial charge in [-0.15, -0.1) is 11.3 Å². The molecule has 1 saturated carbocycles. The van der Waals surface area contributed by atoms with Crippen LogP contribution in [-0.4, -0.2) is 10.9 Å². The summed E-state index contributed by atoms with van der Waals surface area (Å²) in [6.07, 6.45) is 1.68. The topological polar surface area (TPSA) is 42.0 Å². The molecule has 3 nitrogen and oxygen atoms in total. The summed E-state index contributed by atoms with van der Waals surface area (Å²) in [7, 11) is 0. The minimum Gasteiger partial charge on any atom is -0.301 e. The van der Waals surface area contributed by atoms with Crippen molar-refractivity contribution in [3.63, 3.8) is 0 Å². The molecular weight excluding hydrogens is 304 g/mol. The van der Waals surface area contributed by atoms with E-state index in [1.165, 1.54) is 11.3 Å². The second-order valence-corrected chi connectivity index (χ2v) is 7.01. The number of carbonyl (C=O) groups is 1. The predicted molar refractivity (Wildman–Crippen MR) is 87.2 cm³/mol.